The minimum atomic E-state index is -0.229. The number of nitrogens with one attached hydrogen (secondary N) is 1. The third kappa shape index (κ3) is 3.71. The zero-order valence-electron chi connectivity index (χ0n) is 16.3. The van der Waals surface area contributed by atoms with Crippen molar-refractivity contribution in [3.05, 3.63) is 59.1 Å². The van der Waals surface area contributed by atoms with Gasteiger partial charge in [-0.05, 0) is 40.0 Å². The Labute approximate surface area is 177 Å². The van der Waals surface area contributed by atoms with E-state index >= 15 is 0 Å². The van der Waals surface area contributed by atoms with Crippen molar-refractivity contribution < 1.29 is 4.79 Å². The summed E-state index contributed by atoms with van der Waals surface area (Å²) in [5.74, 6) is 0.834. The van der Waals surface area contributed by atoms with Gasteiger partial charge in [0.1, 0.15) is 5.01 Å². The predicted octanol–water partition coefficient (Wildman–Crippen LogP) is 4.01. The van der Waals surface area contributed by atoms with E-state index in [1.54, 1.807) is 11.3 Å². The maximum absolute atomic E-state index is 11.8. The minimum Gasteiger partial charge on any atom is -0.356 e. The van der Waals surface area contributed by atoms with Crippen molar-refractivity contribution in [1.29, 1.82) is 0 Å². The van der Waals surface area contributed by atoms with Gasteiger partial charge in [-0.25, -0.2) is 0 Å². The monoisotopic (exact) mass is 417 g/mol. The summed E-state index contributed by atoms with van der Waals surface area (Å²) in [4.78, 5) is 11.8. The number of hydrogen-bond acceptors (Lipinski definition) is 8. The Morgan fingerprint density at radius 3 is 2.57 bits per heavy atom. The molecule has 0 atom stereocenters. The number of anilines is 1. The molecule has 0 bridgehead atoms. The second kappa shape index (κ2) is 7.75. The Bertz CT molecular complexity index is 1190. The van der Waals surface area contributed by atoms with E-state index in [0.29, 0.717) is 18.3 Å². The van der Waals surface area contributed by atoms with E-state index in [1.807, 2.05) is 24.3 Å². The summed E-state index contributed by atoms with van der Waals surface area (Å²) in [6.45, 7) is 2.12. The summed E-state index contributed by atoms with van der Waals surface area (Å²) in [5.41, 5.74) is 3.95. The van der Waals surface area contributed by atoms with E-state index in [2.05, 4.69) is 55.3 Å². The van der Waals surface area contributed by atoms with Crippen LogP contribution >= 0.6 is 11.3 Å². The molecular weight excluding hydrogens is 398 g/mol. The standard InChI is InChI=1S/C21H19N7OS/c1-13(29)28-19(23-26-27-28)18-5-3-2-4-17(18)15-8-6-14(7-9-15)12-22-21-25-24-20(30-21)16-10-11-16/h2-9,16H,10-12H2,1H3,(H,22,25). The average molecular weight is 417 g/mol. The largest absolute Gasteiger partial charge is 0.356 e. The molecule has 5 rings (SSSR count). The van der Waals surface area contributed by atoms with Gasteiger partial charge >= 0.3 is 0 Å². The smallest absolute Gasteiger partial charge is 0.247 e. The molecule has 0 radical (unpaired) electrons. The number of aromatic nitrogens is 6. The maximum Gasteiger partial charge on any atom is 0.247 e. The van der Waals surface area contributed by atoms with E-state index in [9.17, 15) is 4.79 Å². The molecule has 1 N–H and O–H groups in total. The molecule has 0 aliphatic heterocycles. The second-order valence-corrected chi connectivity index (χ2v) is 8.26. The van der Waals surface area contributed by atoms with Crippen LogP contribution in [0.4, 0.5) is 5.13 Å². The highest BCUT2D eigenvalue weighted by Gasteiger charge is 2.27. The molecule has 1 aliphatic carbocycles. The van der Waals surface area contributed by atoms with Crippen LogP contribution < -0.4 is 5.32 Å². The van der Waals surface area contributed by atoms with Gasteiger partial charge < -0.3 is 5.32 Å². The van der Waals surface area contributed by atoms with Gasteiger partial charge in [0.2, 0.25) is 11.0 Å². The SMILES string of the molecule is CC(=O)n1nnnc1-c1ccccc1-c1ccc(CNc2nnc(C3CC3)s2)cc1. The zero-order valence-corrected chi connectivity index (χ0v) is 17.1. The second-order valence-electron chi connectivity index (χ2n) is 7.25. The average Bonchev–Trinajstić information content (AvgIpc) is 3.31. The lowest BCUT2D eigenvalue weighted by Gasteiger charge is -2.10. The molecule has 4 aromatic rings. The Kier molecular flexibility index (Phi) is 4.80. The van der Waals surface area contributed by atoms with Crippen LogP contribution in [0, 0.1) is 0 Å². The summed E-state index contributed by atoms with van der Waals surface area (Å²) in [6.07, 6.45) is 2.46. The number of carbonyl (C=O) groups excluding carboxylic acids is 1. The minimum absolute atomic E-state index is 0.229. The summed E-state index contributed by atoms with van der Waals surface area (Å²) >= 11 is 1.64. The highest BCUT2D eigenvalue weighted by atomic mass is 32.1. The topological polar surface area (TPSA) is 98.5 Å². The van der Waals surface area contributed by atoms with Gasteiger partial charge in [0.15, 0.2) is 5.82 Å². The third-order valence-corrected chi connectivity index (χ3v) is 6.06. The molecule has 2 heterocycles. The van der Waals surface area contributed by atoms with E-state index < -0.39 is 0 Å². The van der Waals surface area contributed by atoms with Gasteiger partial charge in [-0.3, -0.25) is 4.79 Å². The first-order chi connectivity index (χ1) is 14.7. The lowest BCUT2D eigenvalue weighted by atomic mass is 9.98. The molecule has 1 saturated carbocycles. The van der Waals surface area contributed by atoms with Crippen LogP contribution in [0.5, 0.6) is 0 Å². The first-order valence-electron chi connectivity index (χ1n) is 9.74. The normalized spacial score (nSPS) is 13.4. The van der Waals surface area contributed by atoms with Gasteiger partial charge in [-0.2, -0.15) is 4.68 Å². The van der Waals surface area contributed by atoms with Crippen molar-refractivity contribution in [2.45, 2.75) is 32.2 Å². The van der Waals surface area contributed by atoms with Gasteiger partial charge in [0.25, 0.3) is 0 Å². The molecule has 0 unspecified atom stereocenters. The summed E-state index contributed by atoms with van der Waals surface area (Å²) < 4.78 is 1.22. The van der Waals surface area contributed by atoms with Crippen molar-refractivity contribution in [3.8, 4) is 22.5 Å². The highest BCUT2D eigenvalue weighted by molar-refractivity contribution is 7.15. The van der Waals surface area contributed by atoms with Crippen molar-refractivity contribution in [1.82, 2.24) is 30.4 Å². The Morgan fingerprint density at radius 1 is 1.07 bits per heavy atom. The van der Waals surface area contributed by atoms with Gasteiger partial charge in [0, 0.05) is 24.9 Å². The maximum atomic E-state index is 11.8. The fourth-order valence-corrected chi connectivity index (χ4v) is 4.19. The number of benzene rings is 2. The molecule has 30 heavy (non-hydrogen) atoms. The van der Waals surface area contributed by atoms with E-state index in [-0.39, 0.29) is 5.91 Å². The van der Waals surface area contributed by atoms with Crippen LogP contribution in [0.15, 0.2) is 48.5 Å². The van der Waals surface area contributed by atoms with Crippen molar-refractivity contribution in [2.75, 3.05) is 5.32 Å². The molecule has 8 nitrogen and oxygen atoms in total. The number of hydrogen-bond donors (Lipinski definition) is 1. The van der Waals surface area contributed by atoms with Gasteiger partial charge in [-0.15, -0.1) is 15.3 Å². The first-order valence-corrected chi connectivity index (χ1v) is 10.6. The molecule has 0 spiro atoms. The molecule has 1 fully saturated rings. The van der Waals surface area contributed by atoms with Crippen LogP contribution in [0.25, 0.3) is 22.5 Å². The molecule has 9 heteroatoms. The van der Waals surface area contributed by atoms with Crippen LogP contribution in [0.2, 0.25) is 0 Å². The van der Waals surface area contributed by atoms with Crippen LogP contribution in [0.1, 0.15) is 41.0 Å². The van der Waals surface area contributed by atoms with Crippen LogP contribution in [-0.2, 0) is 6.54 Å². The predicted molar refractivity (Wildman–Crippen MR) is 114 cm³/mol. The summed E-state index contributed by atoms with van der Waals surface area (Å²) in [7, 11) is 0. The molecule has 0 amide bonds. The number of carbonyl (C=O) groups is 1. The third-order valence-electron chi connectivity index (χ3n) is 5.01. The molecule has 2 aromatic carbocycles. The summed E-state index contributed by atoms with van der Waals surface area (Å²) in [5, 5.41) is 25.4. The number of rotatable bonds is 6. The number of nitrogens with zero attached hydrogens (tertiary/aromatic N) is 6. The summed E-state index contributed by atoms with van der Waals surface area (Å²) in [6, 6.07) is 16.1. The first kappa shape index (κ1) is 18.6. The molecule has 150 valence electrons. The molecule has 2 aromatic heterocycles. The quantitative estimate of drug-likeness (QED) is 0.473. The van der Waals surface area contributed by atoms with Crippen LogP contribution in [0.3, 0.4) is 0 Å². The van der Waals surface area contributed by atoms with Crippen molar-refractivity contribution in [3.63, 3.8) is 0 Å². The fraction of sp³-hybridized carbons (Fsp3) is 0.238. The van der Waals surface area contributed by atoms with Gasteiger partial charge in [0.05, 0.1) is 0 Å². The molecule has 0 saturated heterocycles. The Balaban J connectivity index is 1.35. The lowest BCUT2D eigenvalue weighted by molar-refractivity contribution is 0.0921. The Hall–Kier alpha value is -3.46. The van der Waals surface area contributed by atoms with Crippen molar-refractivity contribution >= 4 is 22.4 Å². The van der Waals surface area contributed by atoms with Crippen molar-refractivity contribution in [2.24, 2.45) is 0 Å². The Morgan fingerprint density at radius 2 is 1.83 bits per heavy atom. The fourth-order valence-electron chi connectivity index (χ4n) is 3.28. The van der Waals surface area contributed by atoms with E-state index in [0.717, 1.165) is 32.4 Å². The molecule has 1 aliphatic rings. The lowest BCUT2D eigenvalue weighted by Crippen LogP contribution is -2.10. The zero-order chi connectivity index (χ0) is 20.5. The van der Waals surface area contributed by atoms with Gasteiger partial charge in [-0.1, -0.05) is 59.9 Å². The van der Waals surface area contributed by atoms with E-state index in [4.69, 9.17) is 0 Å². The number of tetrazole rings is 1. The van der Waals surface area contributed by atoms with Crippen LogP contribution in [-0.4, -0.2) is 36.3 Å². The molecular formula is C21H19N7OS. The highest BCUT2D eigenvalue weighted by Crippen LogP contribution is 2.42. The van der Waals surface area contributed by atoms with E-state index in [1.165, 1.54) is 24.4 Å².